The van der Waals surface area contributed by atoms with Gasteiger partial charge in [0.15, 0.2) is 0 Å². The number of quaternary nitrogens is 1. The fraction of sp³-hybridized carbons (Fsp3) is 1.00. The quantitative estimate of drug-likeness (QED) is 0.379. The van der Waals surface area contributed by atoms with Crippen LogP contribution in [0.5, 0.6) is 0 Å². The molecule has 0 amide bonds. The van der Waals surface area contributed by atoms with E-state index in [1.54, 1.807) is 0 Å². The normalized spacial score (nSPS) is 10.2. The van der Waals surface area contributed by atoms with Gasteiger partial charge in [0, 0.05) is 0 Å². The van der Waals surface area contributed by atoms with Crippen LogP contribution in [-0.2, 0) is 0 Å². The Labute approximate surface area is 78.1 Å². The Morgan fingerprint density at radius 2 is 1.77 bits per heavy atom. The predicted molar refractivity (Wildman–Crippen MR) is 48.0 cm³/mol. The van der Waals surface area contributed by atoms with Gasteiger partial charge in [0.25, 0.3) is 5.09 Å². The summed E-state index contributed by atoms with van der Waals surface area (Å²) in [5, 5.41) is 22.3. The zero-order valence-corrected chi connectivity index (χ0v) is 8.43. The summed E-state index contributed by atoms with van der Waals surface area (Å²) in [6.45, 7) is 4.48. The predicted octanol–water partition coefficient (Wildman–Crippen LogP) is 0.117. The molecule has 0 fully saturated rings. The lowest BCUT2D eigenvalue weighted by Crippen LogP contribution is -2.42. The van der Waals surface area contributed by atoms with Crippen LogP contribution in [0.15, 0.2) is 0 Å². The van der Waals surface area contributed by atoms with Crippen molar-refractivity contribution in [3.05, 3.63) is 10.1 Å². The Morgan fingerprint density at radius 1 is 1.38 bits per heavy atom. The van der Waals surface area contributed by atoms with Gasteiger partial charge < -0.3 is 14.8 Å². The maximum atomic E-state index is 8.61. The molecule has 0 rings (SSSR count). The molecule has 0 bridgehead atoms. The number of aliphatic hydroxyl groups excluding tert-OH is 1. The van der Waals surface area contributed by atoms with Gasteiger partial charge in [0.05, 0.1) is 27.2 Å². The van der Waals surface area contributed by atoms with Crippen LogP contribution in [-0.4, -0.2) is 53.7 Å². The van der Waals surface area contributed by atoms with Crippen LogP contribution in [0.3, 0.4) is 0 Å². The fourth-order valence-electron chi connectivity index (χ4n) is 0.988. The molecule has 80 valence electrons. The first-order valence-corrected chi connectivity index (χ1v) is 4.12. The number of aliphatic hydroxyl groups is 1. The average molecular weight is 195 g/mol. The highest BCUT2D eigenvalue weighted by molar-refractivity contribution is 4.30. The first-order chi connectivity index (χ1) is 5.85. The van der Waals surface area contributed by atoms with E-state index >= 15 is 0 Å². The Hall–Kier alpha value is -0.880. The van der Waals surface area contributed by atoms with Gasteiger partial charge in [-0.25, -0.2) is 0 Å². The first-order valence-electron chi connectivity index (χ1n) is 4.12. The van der Waals surface area contributed by atoms with Crippen molar-refractivity contribution >= 4 is 0 Å². The molecule has 0 spiro atoms. The van der Waals surface area contributed by atoms with Crippen LogP contribution in [0.25, 0.3) is 0 Å². The van der Waals surface area contributed by atoms with Crippen molar-refractivity contribution < 1.29 is 19.9 Å². The van der Waals surface area contributed by atoms with E-state index in [1.165, 1.54) is 6.42 Å². The van der Waals surface area contributed by atoms with Gasteiger partial charge >= 0.3 is 0 Å². The SMILES string of the molecule is CCC[N+](C)(C)CCO.O=[N+]([O-])O. The Kier molecular flexibility index (Phi) is 8.73. The number of hydrogen-bond donors (Lipinski definition) is 2. The van der Waals surface area contributed by atoms with E-state index in [1.807, 2.05) is 0 Å². The highest BCUT2D eigenvalue weighted by Crippen LogP contribution is 1.96. The summed E-state index contributed by atoms with van der Waals surface area (Å²) < 4.78 is 0.938. The van der Waals surface area contributed by atoms with Crippen molar-refractivity contribution in [3.8, 4) is 0 Å². The number of likely N-dealkylation sites (N-methyl/N-ethyl adjacent to an activating group) is 1. The molecular formula is C7H19N2O4+. The molecule has 0 aromatic heterocycles. The van der Waals surface area contributed by atoms with Gasteiger partial charge in [0.1, 0.15) is 6.54 Å². The van der Waals surface area contributed by atoms with Gasteiger partial charge in [-0.1, -0.05) is 6.92 Å². The van der Waals surface area contributed by atoms with E-state index in [4.69, 9.17) is 20.4 Å². The third-order valence-corrected chi connectivity index (χ3v) is 1.53. The van der Waals surface area contributed by atoms with Crippen LogP contribution in [0.1, 0.15) is 13.3 Å². The largest absolute Gasteiger partial charge is 0.391 e. The van der Waals surface area contributed by atoms with E-state index in [0.717, 1.165) is 17.6 Å². The minimum absolute atomic E-state index is 0.299. The average Bonchev–Trinajstić information content (AvgIpc) is 1.84. The van der Waals surface area contributed by atoms with E-state index in [2.05, 4.69) is 21.0 Å². The van der Waals surface area contributed by atoms with Crippen molar-refractivity contribution in [2.75, 3.05) is 33.8 Å². The summed E-state index contributed by atoms with van der Waals surface area (Å²) in [7, 11) is 4.28. The molecule has 0 aromatic rings. The third kappa shape index (κ3) is 18.2. The van der Waals surface area contributed by atoms with Crippen LogP contribution in [0, 0.1) is 10.1 Å². The summed E-state index contributed by atoms with van der Waals surface area (Å²) in [5.74, 6) is 0. The van der Waals surface area contributed by atoms with Crippen molar-refractivity contribution in [3.63, 3.8) is 0 Å². The molecule has 0 aliphatic rings. The Balaban J connectivity index is 0. The Bertz CT molecular complexity index is 126. The molecule has 0 atom stereocenters. The second kappa shape index (κ2) is 7.75. The maximum Gasteiger partial charge on any atom is 0.291 e. The number of hydrogen-bond acceptors (Lipinski definition) is 3. The maximum absolute atomic E-state index is 8.61. The lowest BCUT2D eigenvalue weighted by molar-refractivity contribution is -0.890. The molecular weight excluding hydrogens is 176 g/mol. The molecule has 0 heterocycles. The lowest BCUT2D eigenvalue weighted by atomic mass is 10.4. The van der Waals surface area contributed by atoms with E-state index in [-0.39, 0.29) is 0 Å². The topological polar surface area (TPSA) is 83.6 Å². The minimum atomic E-state index is -1.50. The van der Waals surface area contributed by atoms with Crippen LogP contribution in [0.4, 0.5) is 0 Å². The molecule has 0 aromatic carbocycles. The highest BCUT2D eigenvalue weighted by Gasteiger charge is 2.10. The number of nitrogens with zero attached hydrogens (tertiary/aromatic N) is 2. The second-order valence-electron chi connectivity index (χ2n) is 3.34. The van der Waals surface area contributed by atoms with E-state index in [9.17, 15) is 0 Å². The zero-order valence-electron chi connectivity index (χ0n) is 8.43. The summed E-state index contributed by atoms with van der Waals surface area (Å²) in [6.07, 6.45) is 1.19. The van der Waals surface area contributed by atoms with Gasteiger partial charge in [-0.05, 0) is 6.42 Å². The molecule has 0 unspecified atom stereocenters. The standard InChI is InChI=1S/C7H18NO.HNO3/c1-4-5-8(2,3)6-7-9;2-1(3)4/h9H,4-7H2,1-3H3;(H,2,3,4)/q+1;. The zero-order chi connectivity index (χ0) is 10.9. The summed E-state index contributed by atoms with van der Waals surface area (Å²) in [4.78, 5) is 8.36. The van der Waals surface area contributed by atoms with Crippen molar-refractivity contribution in [2.45, 2.75) is 13.3 Å². The molecule has 13 heavy (non-hydrogen) atoms. The van der Waals surface area contributed by atoms with E-state index in [0.29, 0.717) is 6.61 Å². The molecule has 2 N–H and O–H groups in total. The van der Waals surface area contributed by atoms with Gasteiger partial charge in [0.2, 0.25) is 0 Å². The summed E-state index contributed by atoms with van der Waals surface area (Å²) >= 11 is 0. The van der Waals surface area contributed by atoms with Crippen molar-refractivity contribution in [1.82, 2.24) is 0 Å². The van der Waals surface area contributed by atoms with Crippen molar-refractivity contribution in [2.24, 2.45) is 0 Å². The fourth-order valence-corrected chi connectivity index (χ4v) is 0.988. The minimum Gasteiger partial charge on any atom is -0.391 e. The Morgan fingerprint density at radius 3 is 2.00 bits per heavy atom. The molecule has 0 saturated carbocycles. The van der Waals surface area contributed by atoms with Gasteiger partial charge in [-0.15, -0.1) is 10.1 Å². The van der Waals surface area contributed by atoms with E-state index < -0.39 is 5.09 Å². The first kappa shape index (κ1) is 14.6. The van der Waals surface area contributed by atoms with Crippen LogP contribution >= 0.6 is 0 Å². The monoisotopic (exact) mass is 195 g/mol. The lowest BCUT2D eigenvalue weighted by Gasteiger charge is -2.28. The molecule has 0 saturated heterocycles. The second-order valence-corrected chi connectivity index (χ2v) is 3.34. The molecule has 0 aliphatic heterocycles. The van der Waals surface area contributed by atoms with Gasteiger partial charge in [-0.3, -0.25) is 0 Å². The number of rotatable bonds is 4. The van der Waals surface area contributed by atoms with Crippen molar-refractivity contribution in [1.29, 1.82) is 0 Å². The molecule has 6 nitrogen and oxygen atoms in total. The molecule has 6 heteroatoms. The third-order valence-electron chi connectivity index (χ3n) is 1.53. The summed E-state index contributed by atoms with van der Waals surface area (Å²) in [5.41, 5.74) is 0. The molecule has 0 radical (unpaired) electrons. The van der Waals surface area contributed by atoms with Gasteiger partial charge in [-0.2, -0.15) is 0 Å². The van der Waals surface area contributed by atoms with Crippen LogP contribution in [0.2, 0.25) is 0 Å². The summed E-state index contributed by atoms with van der Waals surface area (Å²) in [6, 6.07) is 0. The molecule has 0 aliphatic carbocycles. The smallest absolute Gasteiger partial charge is 0.291 e. The van der Waals surface area contributed by atoms with Crippen LogP contribution < -0.4 is 0 Å². The highest BCUT2D eigenvalue weighted by atomic mass is 16.9.